The summed E-state index contributed by atoms with van der Waals surface area (Å²) in [6, 6.07) is 7.00. The molecule has 1 aromatic rings. The molecule has 0 radical (unpaired) electrons. The minimum atomic E-state index is -3.36. The van der Waals surface area contributed by atoms with E-state index in [-0.39, 0.29) is 0 Å². The number of nitrogens with one attached hydrogen (secondary N) is 2. The van der Waals surface area contributed by atoms with Crippen LogP contribution in [0.5, 0.6) is 0 Å². The third kappa shape index (κ3) is 4.14. The molecule has 0 bridgehead atoms. The van der Waals surface area contributed by atoms with Crippen LogP contribution in [0.2, 0.25) is 0 Å². The van der Waals surface area contributed by atoms with Gasteiger partial charge in [-0.3, -0.25) is 0 Å². The van der Waals surface area contributed by atoms with Crippen molar-refractivity contribution in [1.29, 1.82) is 0 Å². The Kier molecular flexibility index (Phi) is 5.57. The average Bonchev–Trinajstić information content (AvgIpc) is 2.45. The summed E-state index contributed by atoms with van der Waals surface area (Å²) in [5.41, 5.74) is 0.977. The summed E-state index contributed by atoms with van der Waals surface area (Å²) in [5, 5.41) is 3.42. The Morgan fingerprint density at radius 2 is 1.90 bits per heavy atom. The molecule has 1 aliphatic rings. The number of rotatable bonds is 8. The maximum Gasteiger partial charge on any atom is 0.240 e. The smallest absolute Gasteiger partial charge is 0.240 e. The lowest BCUT2D eigenvalue weighted by molar-refractivity contribution is 0.380. The van der Waals surface area contributed by atoms with E-state index in [1.165, 1.54) is 19.3 Å². The second-order valence-corrected chi connectivity index (χ2v) is 8.56. The van der Waals surface area contributed by atoms with Crippen LogP contribution in [0.4, 0.5) is 5.69 Å². The fourth-order valence-corrected chi connectivity index (χ4v) is 4.41. The molecule has 1 aromatic carbocycles. The van der Waals surface area contributed by atoms with Crippen molar-refractivity contribution in [2.24, 2.45) is 0 Å². The van der Waals surface area contributed by atoms with Gasteiger partial charge in [-0.2, -0.15) is 11.8 Å². The SMILES string of the molecule is CCCNS(=O)(=O)c1ccc(NCC2(SC)CCC2)cc1. The molecule has 0 aromatic heterocycles. The maximum absolute atomic E-state index is 12.0. The van der Waals surface area contributed by atoms with Crippen LogP contribution in [0.15, 0.2) is 29.2 Å². The molecule has 0 amide bonds. The molecule has 0 unspecified atom stereocenters. The highest BCUT2D eigenvalue weighted by Crippen LogP contribution is 2.42. The van der Waals surface area contributed by atoms with E-state index in [0.717, 1.165) is 18.7 Å². The van der Waals surface area contributed by atoms with Gasteiger partial charge in [0, 0.05) is 23.5 Å². The summed E-state index contributed by atoms with van der Waals surface area (Å²) in [6.45, 7) is 3.35. The van der Waals surface area contributed by atoms with Crippen molar-refractivity contribution in [3.8, 4) is 0 Å². The molecule has 0 saturated heterocycles. The van der Waals surface area contributed by atoms with E-state index < -0.39 is 10.0 Å². The highest BCUT2D eigenvalue weighted by molar-refractivity contribution is 8.00. The van der Waals surface area contributed by atoms with E-state index in [4.69, 9.17) is 0 Å². The second kappa shape index (κ2) is 7.03. The van der Waals surface area contributed by atoms with Gasteiger partial charge in [0.05, 0.1) is 4.90 Å². The Bertz CT molecular complexity index is 546. The van der Waals surface area contributed by atoms with E-state index in [0.29, 0.717) is 16.2 Å². The van der Waals surface area contributed by atoms with E-state index in [2.05, 4.69) is 16.3 Å². The van der Waals surface area contributed by atoms with Crippen LogP contribution in [-0.2, 0) is 10.0 Å². The second-order valence-electron chi connectivity index (χ2n) is 5.52. The lowest BCUT2D eigenvalue weighted by atomic mass is 9.84. The Balaban J connectivity index is 1.96. The molecule has 1 fully saturated rings. The quantitative estimate of drug-likeness (QED) is 0.770. The first-order valence-corrected chi connectivity index (χ1v) is 10.1. The Morgan fingerprint density at radius 3 is 2.38 bits per heavy atom. The van der Waals surface area contributed by atoms with Crippen LogP contribution >= 0.6 is 11.8 Å². The zero-order chi connectivity index (χ0) is 15.3. The summed E-state index contributed by atoms with van der Waals surface area (Å²) in [7, 11) is -3.36. The van der Waals surface area contributed by atoms with E-state index in [9.17, 15) is 8.42 Å². The van der Waals surface area contributed by atoms with Crippen LogP contribution in [-0.4, -0.2) is 32.5 Å². The molecule has 4 nitrogen and oxygen atoms in total. The summed E-state index contributed by atoms with van der Waals surface area (Å²) in [4.78, 5) is 0.324. The molecule has 1 aliphatic carbocycles. The van der Waals surface area contributed by atoms with Crippen molar-refractivity contribution < 1.29 is 8.42 Å². The predicted octanol–water partition coefficient (Wildman–Crippen LogP) is 3.07. The number of benzene rings is 1. The number of anilines is 1. The van der Waals surface area contributed by atoms with E-state index in [1.54, 1.807) is 12.1 Å². The average molecular weight is 329 g/mol. The molecule has 0 aliphatic heterocycles. The van der Waals surface area contributed by atoms with Gasteiger partial charge in [0.25, 0.3) is 0 Å². The molecule has 0 atom stereocenters. The minimum absolute atomic E-state index is 0.324. The lowest BCUT2D eigenvalue weighted by Crippen LogP contribution is -2.40. The van der Waals surface area contributed by atoms with Gasteiger partial charge >= 0.3 is 0 Å². The Hall–Kier alpha value is -0.720. The van der Waals surface area contributed by atoms with Gasteiger partial charge in [-0.05, 0) is 49.8 Å². The van der Waals surface area contributed by atoms with Gasteiger partial charge in [-0.25, -0.2) is 13.1 Å². The normalized spacial score (nSPS) is 17.2. The third-order valence-electron chi connectivity index (χ3n) is 4.02. The number of hydrogen-bond acceptors (Lipinski definition) is 4. The zero-order valence-electron chi connectivity index (χ0n) is 12.7. The standard InChI is InChI=1S/C15H24N2O2S2/c1-3-11-17-21(18,19)14-7-5-13(6-8-14)16-12-15(20-2)9-4-10-15/h5-8,16-17H,3-4,9-12H2,1-2H3. The molecule has 21 heavy (non-hydrogen) atoms. The van der Waals surface area contributed by atoms with Crippen LogP contribution < -0.4 is 10.0 Å². The Labute approximate surface area is 132 Å². The fourth-order valence-electron chi connectivity index (χ4n) is 2.36. The molecule has 2 N–H and O–H groups in total. The first-order valence-electron chi connectivity index (χ1n) is 7.40. The van der Waals surface area contributed by atoms with Crippen molar-refractivity contribution in [2.45, 2.75) is 42.2 Å². The van der Waals surface area contributed by atoms with Crippen molar-refractivity contribution in [2.75, 3.05) is 24.7 Å². The molecule has 1 saturated carbocycles. The van der Waals surface area contributed by atoms with Crippen molar-refractivity contribution in [3.63, 3.8) is 0 Å². The van der Waals surface area contributed by atoms with Gasteiger partial charge in [0.2, 0.25) is 10.0 Å². The largest absolute Gasteiger partial charge is 0.384 e. The van der Waals surface area contributed by atoms with Gasteiger partial charge < -0.3 is 5.32 Å². The first kappa shape index (κ1) is 16.6. The maximum atomic E-state index is 12.0. The molecule has 118 valence electrons. The molecular weight excluding hydrogens is 304 g/mol. The number of thioether (sulfide) groups is 1. The van der Waals surface area contributed by atoms with Crippen LogP contribution in [0.3, 0.4) is 0 Å². The predicted molar refractivity (Wildman–Crippen MR) is 90.5 cm³/mol. The summed E-state index contributed by atoms with van der Waals surface area (Å²) in [6.07, 6.45) is 6.78. The molecule has 0 heterocycles. The van der Waals surface area contributed by atoms with Gasteiger partial charge in [0.1, 0.15) is 0 Å². The first-order chi connectivity index (χ1) is 10.0. The molecule has 2 rings (SSSR count). The Morgan fingerprint density at radius 1 is 1.24 bits per heavy atom. The van der Waals surface area contributed by atoms with Crippen LogP contribution in [0.1, 0.15) is 32.6 Å². The van der Waals surface area contributed by atoms with Crippen LogP contribution in [0, 0.1) is 0 Å². The number of sulfonamides is 1. The molecule has 6 heteroatoms. The van der Waals surface area contributed by atoms with Gasteiger partial charge in [0.15, 0.2) is 0 Å². The highest BCUT2D eigenvalue weighted by atomic mass is 32.2. The topological polar surface area (TPSA) is 58.2 Å². The monoisotopic (exact) mass is 328 g/mol. The van der Waals surface area contributed by atoms with Crippen molar-refractivity contribution >= 4 is 27.5 Å². The molecular formula is C15H24N2O2S2. The summed E-state index contributed by atoms with van der Waals surface area (Å²) in [5.74, 6) is 0. The summed E-state index contributed by atoms with van der Waals surface area (Å²) < 4.78 is 26.9. The minimum Gasteiger partial charge on any atom is -0.384 e. The zero-order valence-corrected chi connectivity index (χ0v) is 14.3. The summed E-state index contributed by atoms with van der Waals surface area (Å²) >= 11 is 1.93. The fraction of sp³-hybridized carbons (Fsp3) is 0.600. The van der Waals surface area contributed by atoms with Crippen molar-refractivity contribution in [3.05, 3.63) is 24.3 Å². The number of hydrogen-bond donors (Lipinski definition) is 2. The third-order valence-corrected chi connectivity index (χ3v) is 6.91. The van der Waals surface area contributed by atoms with E-state index >= 15 is 0 Å². The van der Waals surface area contributed by atoms with E-state index in [1.807, 2.05) is 30.8 Å². The lowest BCUT2D eigenvalue weighted by Gasteiger charge is -2.40. The van der Waals surface area contributed by atoms with Crippen molar-refractivity contribution in [1.82, 2.24) is 4.72 Å². The van der Waals surface area contributed by atoms with Crippen LogP contribution in [0.25, 0.3) is 0 Å². The highest BCUT2D eigenvalue weighted by Gasteiger charge is 2.35. The molecule has 0 spiro atoms. The van der Waals surface area contributed by atoms with Gasteiger partial charge in [-0.15, -0.1) is 0 Å². The van der Waals surface area contributed by atoms with Gasteiger partial charge in [-0.1, -0.05) is 13.3 Å².